The second-order valence-corrected chi connectivity index (χ2v) is 4.81. The average molecular weight is 264 g/mol. The van der Waals surface area contributed by atoms with Crippen LogP contribution in [0.2, 0.25) is 0 Å². The summed E-state index contributed by atoms with van der Waals surface area (Å²) in [6.45, 7) is 0. The molecule has 6 heteroatoms. The summed E-state index contributed by atoms with van der Waals surface area (Å²) in [7, 11) is 1.80. The van der Waals surface area contributed by atoms with Crippen LogP contribution in [0.15, 0.2) is 18.2 Å². The van der Waals surface area contributed by atoms with E-state index in [9.17, 15) is 14.9 Å². The van der Waals surface area contributed by atoms with Crippen molar-refractivity contribution in [3.63, 3.8) is 0 Å². The number of nitro groups is 1. The Morgan fingerprint density at radius 1 is 1.42 bits per heavy atom. The van der Waals surface area contributed by atoms with E-state index in [1.54, 1.807) is 7.05 Å². The fraction of sp³-hybridized carbons (Fsp3) is 0.462. The lowest BCUT2D eigenvalue weighted by Crippen LogP contribution is -2.29. The van der Waals surface area contributed by atoms with Gasteiger partial charge in [0.1, 0.15) is 5.69 Å². The molecule has 1 aliphatic rings. The number of carbonyl (C=O) groups is 1. The van der Waals surface area contributed by atoms with Crippen LogP contribution in [-0.4, -0.2) is 29.1 Å². The third-order valence-electron chi connectivity index (χ3n) is 3.67. The summed E-state index contributed by atoms with van der Waals surface area (Å²) in [5.74, 6) is -1.07. The number of hydrogen-bond acceptors (Lipinski definition) is 4. The minimum atomic E-state index is -1.07. The van der Waals surface area contributed by atoms with E-state index in [0.29, 0.717) is 5.69 Å². The molecule has 102 valence electrons. The minimum Gasteiger partial charge on any atom is -0.478 e. The number of aromatic carboxylic acids is 1. The summed E-state index contributed by atoms with van der Waals surface area (Å²) in [4.78, 5) is 23.4. The third kappa shape index (κ3) is 2.67. The topological polar surface area (TPSA) is 83.7 Å². The van der Waals surface area contributed by atoms with Crippen LogP contribution in [0.1, 0.15) is 36.0 Å². The highest BCUT2D eigenvalue weighted by Crippen LogP contribution is 2.33. The molecular formula is C13H16N2O4. The van der Waals surface area contributed by atoms with Crippen LogP contribution >= 0.6 is 0 Å². The lowest BCUT2D eigenvalue weighted by atomic mass is 10.1. The standard InChI is InChI=1S/C13H16N2O4/c1-14(10-4-2-3-5-10)12-8-9(13(16)17)6-7-11(12)15(18)19/h6-8,10H,2-5H2,1H3,(H,16,17). The van der Waals surface area contributed by atoms with E-state index >= 15 is 0 Å². The van der Waals surface area contributed by atoms with Gasteiger partial charge in [-0.25, -0.2) is 4.79 Å². The molecule has 2 rings (SSSR count). The Balaban J connectivity index is 2.41. The van der Waals surface area contributed by atoms with Gasteiger partial charge in [0.15, 0.2) is 0 Å². The van der Waals surface area contributed by atoms with E-state index in [2.05, 4.69) is 0 Å². The molecule has 1 N–H and O–H groups in total. The Hall–Kier alpha value is -2.11. The van der Waals surface area contributed by atoms with Gasteiger partial charge in [-0.15, -0.1) is 0 Å². The first-order valence-electron chi connectivity index (χ1n) is 6.25. The van der Waals surface area contributed by atoms with E-state index in [-0.39, 0.29) is 17.3 Å². The van der Waals surface area contributed by atoms with Gasteiger partial charge in [-0.05, 0) is 25.0 Å². The molecule has 1 fully saturated rings. The van der Waals surface area contributed by atoms with Crippen molar-refractivity contribution in [1.29, 1.82) is 0 Å². The molecular weight excluding hydrogens is 248 g/mol. The number of anilines is 1. The molecule has 0 bridgehead atoms. The van der Waals surface area contributed by atoms with E-state index in [0.717, 1.165) is 25.7 Å². The highest BCUT2D eigenvalue weighted by atomic mass is 16.6. The van der Waals surface area contributed by atoms with Gasteiger partial charge in [0.05, 0.1) is 10.5 Å². The van der Waals surface area contributed by atoms with Crippen molar-refractivity contribution in [3.05, 3.63) is 33.9 Å². The molecule has 1 aliphatic carbocycles. The fourth-order valence-corrected chi connectivity index (χ4v) is 2.58. The van der Waals surface area contributed by atoms with Crippen LogP contribution in [0.5, 0.6) is 0 Å². The number of carboxylic acid groups (broad SMARTS) is 1. The second kappa shape index (κ2) is 5.26. The average Bonchev–Trinajstić information content (AvgIpc) is 2.90. The molecule has 19 heavy (non-hydrogen) atoms. The molecule has 0 saturated heterocycles. The zero-order chi connectivity index (χ0) is 14.0. The van der Waals surface area contributed by atoms with Crippen molar-refractivity contribution in [1.82, 2.24) is 0 Å². The Bertz CT molecular complexity index is 509. The summed E-state index contributed by atoms with van der Waals surface area (Å²) in [6, 6.07) is 4.18. The molecule has 0 unspecified atom stereocenters. The predicted octanol–water partition coefficient (Wildman–Crippen LogP) is 2.67. The zero-order valence-corrected chi connectivity index (χ0v) is 10.7. The highest BCUT2D eigenvalue weighted by Gasteiger charge is 2.26. The maximum absolute atomic E-state index is 11.1. The van der Waals surface area contributed by atoms with Gasteiger partial charge in [-0.3, -0.25) is 10.1 Å². The lowest BCUT2D eigenvalue weighted by Gasteiger charge is -2.26. The van der Waals surface area contributed by atoms with Crippen molar-refractivity contribution in [3.8, 4) is 0 Å². The van der Waals surface area contributed by atoms with Crippen molar-refractivity contribution in [2.24, 2.45) is 0 Å². The molecule has 1 aromatic carbocycles. The predicted molar refractivity (Wildman–Crippen MR) is 70.7 cm³/mol. The van der Waals surface area contributed by atoms with Gasteiger partial charge in [0.2, 0.25) is 0 Å². The first-order chi connectivity index (χ1) is 9.00. The molecule has 0 radical (unpaired) electrons. The van der Waals surface area contributed by atoms with E-state index in [1.165, 1.54) is 18.2 Å². The number of hydrogen-bond donors (Lipinski definition) is 1. The van der Waals surface area contributed by atoms with E-state index < -0.39 is 10.9 Å². The molecule has 0 aromatic heterocycles. The van der Waals surface area contributed by atoms with Crippen LogP contribution in [0.25, 0.3) is 0 Å². The summed E-state index contributed by atoms with van der Waals surface area (Å²) in [5.41, 5.74) is 0.418. The SMILES string of the molecule is CN(c1cc(C(=O)O)ccc1[N+](=O)[O-])C1CCCC1. The van der Waals surface area contributed by atoms with Crippen molar-refractivity contribution in [2.75, 3.05) is 11.9 Å². The van der Waals surface area contributed by atoms with E-state index in [4.69, 9.17) is 5.11 Å². The maximum Gasteiger partial charge on any atom is 0.335 e. The normalized spacial score (nSPS) is 15.4. The third-order valence-corrected chi connectivity index (χ3v) is 3.67. The fourth-order valence-electron chi connectivity index (χ4n) is 2.58. The van der Waals surface area contributed by atoms with Crippen LogP contribution in [-0.2, 0) is 0 Å². The van der Waals surface area contributed by atoms with Crippen molar-refractivity contribution < 1.29 is 14.8 Å². The monoisotopic (exact) mass is 264 g/mol. The molecule has 6 nitrogen and oxygen atoms in total. The lowest BCUT2D eigenvalue weighted by molar-refractivity contribution is -0.384. The zero-order valence-electron chi connectivity index (χ0n) is 10.7. The van der Waals surface area contributed by atoms with Gasteiger partial charge >= 0.3 is 5.97 Å². The number of benzene rings is 1. The Morgan fingerprint density at radius 3 is 2.58 bits per heavy atom. The second-order valence-electron chi connectivity index (χ2n) is 4.81. The largest absolute Gasteiger partial charge is 0.478 e. The quantitative estimate of drug-likeness (QED) is 0.667. The molecule has 0 amide bonds. The highest BCUT2D eigenvalue weighted by molar-refractivity contribution is 5.90. The summed E-state index contributed by atoms with van der Waals surface area (Å²) >= 11 is 0. The van der Waals surface area contributed by atoms with Crippen LogP contribution in [0.3, 0.4) is 0 Å². The Kier molecular flexibility index (Phi) is 3.69. The molecule has 1 saturated carbocycles. The Labute approximate surface area is 110 Å². The number of carboxylic acids is 1. The first-order valence-corrected chi connectivity index (χ1v) is 6.25. The number of nitro benzene ring substituents is 1. The first kappa shape index (κ1) is 13.3. The number of rotatable bonds is 4. The van der Waals surface area contributed by atoms with Gasteiger partial charge in [-0.1, -0.05) is 12.8 Å². The molecule has 0 aliphatic heterocycles. The molecule has 0 spiro atoms. The summed E-state index contributed by atoms with van der Waals surface area (Å²) in [5, 5.41) is 20.1. The van der Waals surface area contributed by atoms with Gasteiger partial charge in [0.25, 0.3) is 5.69 Å². The van der Waals surface area contributed by atoms with Crippen LogP contribution in [0, 0.1) is 10.1 Å². The summed E-state index contributed by atoms with van der Waals surface area (Å²) < 4.78 is 0. The van der Waals surface area contributed by atoms with Gasteiger partial charge in [0, 0.05) is 19.2 Å². The number of nitrogens with zero attached hydrogens (tertiary/aromatic N) is 2. The van der Waals surface area contributed by atoms with E-state index in [1.807, 2.05) is 4.90 Å². The smallest absolute Gasteiger partial charge is 0.335 e. The molecule has 1 aromatic rings. The molecule has 0 heterocycles. The van der Waals surface area contributed by atoms with Crippen LogP contribution in [0.4, 0.5) is 11.4 Å². The molecule has 0 atom stereocenters. The van der Waals surface area contributed by atoms with Crippen LogP contribution < -0.4 is 4.90 Å². The summed E-state index contributed by atoms with van der Waals surface area (Å²) in [6.07, 6.45) is 4.21. The van der Waals surface area contributed by atoms with Crippen molar-refractivity contribution >= 4 is 17.3 Å². The van der Waals surface area contributed by atoms with Crippen molar-refractivity contribution in [2.45, 2.75) is 31.7 Å². The van der Waals surface area contributed by atoms with Gasteiger partial charge in [-0.2, -0.15) is 0 Å². The minimum absolute atomic E-state index is 0.0422. The maximum atomic E-state index is 11.1. The Morgan fingerprint density at radius 2 is 2.05 bits per heavy atom. The van der Waals surface area contributed by atoms with Gasteiger partial charge < -0.3 is 10.0 Å².